The van der Waals surface area contributed by atoms with Gasteiger partial charge in [0.1, 0.15) is 11.9 Å². The molecule has 148 valence electrons. The molecule has 4 rings (SSSR count). The average Bonchev–Trinajstić information content (AvgIpc) is 3.11. The number of amides is 2. The Balaban J connectivity index is 1.43. The Kier molecular flexibility index (Phi) is 5.46. The van der Waals surface area contributed by atoms with E-state index in [1.165, 1.54) is 0 Å². The van der Waals surface area contributed by atoms with Crippen LogP contribution in [0.2, 0.25) is 0 Å². The highest BCUT2D eigenvalue weighted by atomic mass is 16.7. The van der Waals surface area contributed by atoms with Crippen molar-refractivity contribution in [2.75, 3.05) is 45.3 Å². The summed E-state index contributed by atoms with van der Waals surface area (Å²) in [5.74, 6) is 0.647. The molecule has 9 heteroatoms. The molecule has 0 spiro atoms. The Bertz CT molecular complexity index is 668. The molecule has 1 aromatic rings. The molecule has 3 heterocycles. The first-order valence-electron chi connectivity index (χ1n) is 9.14. The normalized spacial score (nSPS) is 33.5. The molecule has 2 bridgehead atoms. The van der Waals surface area contributed by atoms with E-state index in [0.717, 1.165) is 0 Å². The van der Waals surface area contributed by atoms with Gasteiger partial charge in [-0.3, -0.25) is 4.90 Å². The number of benzene rings is 1. The zero-order valence-electron chi connectivity index (χ0n) is 15.2. The third-order valence-electron chi connectivity index (χ3n) is 5.22. The van der Waals surface area contributed by atoms with Crippen molar-refractivity contribution in [3.63, 3.8) is 0 Å². The van der Waals surface area contributed by atoms with Crippen molar-refractivity contribution >= 4 is 11.7 Å². The topological polar surface area (TPSA) is 102 Å². The second-order valence-corrected chi connectivity index (χ2v) is 6.86. The molecule has 3 aliphatic heterocycles. The van der Waals surface area contributed by atoms with E-state index in [2.05, 4.69) is 15.5 Å². The highest BCUT2D eigenvalue weighted by molar-refractivity contribution is 5.89. The molecule has 3 N–H and O–H groups in total. The van der Waals surface area contributed by atoms with E-state index < -0.39 is 24.5 Å². The number of urea groups is 1. The van der Waals surface area contributed by atoms with Gasteiger partial charge in [0, 0.05) is 24.8 Å². The van der Waals surface area contributed by atoms with Gasteiger partial charge in [-0.05, 0) is 12.1 Å². The number of hydrogen-bond acceptors (Lipinski definition) is 7. The standard InChI is InChI=1S/C18H25N3O6/c1-24-12-4-2-3-11(9-12)19-18(23)20-14-13-10-26-17(27-13)15(16(14)22)21-5-7-25-8-6-21/h2-4,9,13-17,22H,5-8,10H2,1H3,(H2,19,20,23)/t13-,14-,15+,16-,17+/m0/s1. The van der Waals surface area contributed by atoms with Crippen LogP contribution in [0.5, 0.6) is 5.75 Å². The average molecular weight is 379 g/mol. The summed E-state index contributed by atoms with van der Waals surface area (Å²) in [4.78, 5) is 14.6. The minimum Gasteiger partial charge on any atom is -0.497 e. The highest BCUT2D eigenvalue weighted by Crippen LogP contribution is 2.31. The summed E-state index contributed by atoms with van der Waals surface area (Å²) >= 11 is 0. The zero-order chi connectivity index (χ0) is 18.8. The Morgan fingerprint density at radius 1 is 1.33 bits per heavy atom. The molecule has 27 heavy (non-hydrogen) atoms. The zero-order valence-corrected chi connectivity index (χ0v) is 15.2. The van der Waals surface area contributed by atoms with Gasteiger partial charge in [-0.15, -0.1) is 0 Å². The SMILES string of the molecule is COc1cccc(NC(=O)N[C@@H]2[C@H](O)[C@@H](N3CCOCC3)[C@@H]3OC[C@@H]2O3)c1. The predicted molar refractivity (Wildman–Crippen MR) is 95.7 cm³/mol. The number of methoxy groups -OCH3 is 1. The van der Waals surface area contributed by atoms with E-state index in [4.69, 9.17) is 18.9 Å². The Hall–Kier alpha value is -1.91. The molecule has 5 atom stereocenters. The van der Waals surface area contributed by atoms with Crippen LogP contribution in [0.3, 0.4) is 0 Å². The number of nitrogens with zero attached hydrogens (tertiary/aromatic N) is 1. The largest absolute Gasteiger partial charge is 0.497 e. The van der Waals surface area contributed by atoms with Crippen LogP contribution in [-0.4, -0.2) is 86.6 Å². The summed E-state index contributed by atoms with van der Waals surface area (Å²) in [6.45, 7) is 2.94. The maximum absolute atomic E-state index is 12.5. The van der Waals surface area contributed by atoms with E-state index in [1.807, 2.05) is 0 Å². The van der Waals surface area contributed by atoms with Crippen LogP contribution >= 0.6 is 0 Å². The second kappa shape index (κ2) is 7.99. The lowest BCUT2D eigenvalue weighted by Crippen LogP contribution is -2.66. The van der Waals surface area contributed by atoms with Gasteiger partial charge in [-0.1, -0.05) is 6.07 Å². The van der Waals surface area contributed by atoms with Crippen molar-refractivity contribution in [2.24, 2.45) is 0 Å². The lowest BCUT2D eigenvalue weighted by molar-refractivity contribution is -0.189. The van der Waals surface area contributed by atoms with Crippen molar-refractivity contribution < 1.29 is 28.8 Å². The minimum atomic E-state index is -0.801. The van der Waals surface area contributed by atoms with Gasteiger partial charge < -0.3 is 34.7 Å². The molecule has 3 aliphatic rings. The third kappa shape index (κ3) is 3.87. The van der Waals surface area contributed by atoms with Gasteiger partial charge >= 0.3 is 6.03 Å². The Morgan fingerprint density at radius 2 is 2.15 bits per heavy atom. The van der Waals surface area contributed by atoms with Gasteiger partial charge in [-0.2, -0.15) is 0 Å². The van der Waals surface area contributed by atoms with E-state index in [0.29, 0.717) is 44.3 Å². The fourth-order valence-corrected chi connectivity index (χ4v) is 3.86. The molecular weight excluding hydrogens is 354 g/mol. The van der Waals surface area contributed by atoms with Crippen molar-refractivity contribution in [3.05, 3.63) is 24.3 Å². The Morgan fingerprint density at radius 3 is 2.93 bits per heavy atom. The number of nitrogens with one attached hydrogen (secondary N) is 2. The number of rotatable bonds is 4. The fourth-order valence-electron chi connectivity index (χ4n) is 3.86. The predicted octanol–water partition coefficient (Wildman–Crippen LogP) is 0.00210. The molecular formula is C18H25N3O6. The van der Waals surface area contributed by atoms with Gasteiger partial charge in [0.05, 0.1) is 45.1 Å². The smallest absolute Gasteiger partial charge is 0.319 e. The molecule has 0 radical (unpaired) electrons. The molecule has 0 aromatic heterocycles. The summed E-state index contributed by atoms with van der Waals surface area (Å²) < 4.78 is 22.2. The fraction of sp³-hybridized carbons (Fsp3) is 0.611. The van der Waals surface area contributed by atoms with Crippen LogP contribution in [-0.2, 0) is 14.2 Å². The quantitative estimate of drug-likeness (QED) is 0.677. The summed E-state index contributed by atoms with van der Waals surface area (Å²) in [6, 6.07) is 5.75. The number of aliphatic hydroxyl groups is 1. The number of aliphatic hydroxyl groups excluding tert-OH is 1. The maximum atomic E-state index is 12.5. The number of anilines is 1. The number of carbonyl (C=O) groups excluding carboxylic acids is 1. The van der Waals surface area contributed by atoms with Crippen LogP contribution in [0.1, 0.15) is 0 Å². The first-order chi connectivity index (χ1) is 13.2. The van der Waals surface area contributed by atoms with E-state index in [-0.39, 0.29) is 12.1 Å². The van der Waals surface area contributed by atoms with Crippen LogP contribution in [0, 0.1) is 0 Å². The molecule has 0 aliphatic carbocycles. The second-order valence-electron chi connectivity index (χ2n) is 6.86. The number of carbonyl (C=O) groups is 1. The monoisotopic (exact) mass is 379 g/mol. The highest BCUT2D eigenvalue weighted by Gasteiger charge is 2.52. The Labute approximate surface area is 157 Å². The van der Waals surface area contributed by atoms with E-state index in [9.17, 15) is 9.90 Å². The summed E-state index contributed by atoms with van der Waals surface area (Å²) in [6.07, 6.45) is -1.66. The van der Waals surface area contributed by atoms with Gasteiger partial charge in [0.25, 0.3) is 0 Å². The third-order valence-corrected chi connectivity index (χ3v) is 5.22. The van der Waals surface area contributed by atoms with Crippen molar-refractivity contribution in [2.45, 2.75) is 30.6 Å². The van der Waals surface area contributed by atoms with Crippen LogP contribution < -0.4 is 15.4 Å². The summed E-state index contributed by atoms with van der Waals surface area (Å²) in [5, 5.41) is 16.6. The molecule has 9 nitrogen and oxygen atoms in total. The summed E-state index contributed by atoms with van der Waals surface area (Å²) in [5.41, 5.74) is 0.600. The lowest BCUT2D eigenvalue weighted by atomic mass is 9.94. The van der Waals surface area contributed by atoms with Gasteiger partial charge in [-0.25, -0.2) is 4.79 Å². The first kappa shape index (κ1) is 18.5. The van der Waals surface area contributed by atoms with Crippen molar-refractivity contribution in [3.8, 4) is 5.75 Å². The first-order valence-corrected chi connectivity index (χ1v) is 9.14. The van der Waals surface area contributed by atoms with Gasteiger partial charge in [0.2, 0.25) is 0 Å². The van der Waals surface area contributed by atoms with Crippen LogP contribution in [0.4, 0.5) is 10.5 Å². The van der Waals surface area contributed by atoms with E-state index in [1.54, 1.807) is 31.4 Å². The molecule has 0 unspecified atom stereocenters. The number of hydrogen-bond donors (Lipinski definition) is 3. The van der Waals surface area contributed by atoms with Gasteiger partial charge in [0.15, 0.2) is 6.29 Å². The molecule has 0 saturated carbocycles. The minimum absolute atomic E-state index is 0.338. The molecule has 3 saturated heterocycles. The van der Waals surface area contributed by atoms with Crippen LogP contribution in [0.15, 0.2) is 24.3 Å². The number of fused-ring (bicyclic) bond motifs is 2. The van der Waals surface area contributed by atoms with Crippen molar-refractivity contribution in [1.82, 2.24) is 10.2 Å². The molecule has 2 amide bonds. The number of ether oxygens (including phenoxy) is 4. The number of morpholine rings is 1. The maximum Gasteiger partial charge on any atom is 0.319 e. The lowest BCUT2D eigenvalue weighted by Gasteiger charge is -2.44. The van der Waals surface area contributed by atoms with E-state index >= 15 is 0 Å². The van der Waals surface area contributed by atoms with Crippen molar-refractivity contribution in [1.29, 1.82) is 0 Å². The molecule has 1 aromatic carbocycles. The van der Waals surface area contributed by atoms with Crippen LogP contribution in [0.25, 0.3) is 0 Å². The summed E-state index contributed by atoms with van der Waals surface area (Å²) in [7, 11) is 1.57. The molecule has 3 fully saturated rings.